The highest BCUT2D eigenvalue weighted by Gasteiger charge is 2.31. The van der Waals surface area contributed by atoms with E-state index in [2.05, 4.69) is 11.2 Å². The second-order valence-corrected chi connectivity index (χ2v) is 5.64. The van der Waals surface area contributed by atoms with Crippen LogP contribution >= 0.6 is 0 Å². The van der Waals surface area contributed by atoms with Gasteiger partial charge in [-0.1, -0.05) is 23.4 Å². The summed E-state index contributed by atoms with van der Waals surface area (Å²) in [6, 6.07) is 9.83. The molecule has 2 aromatic rings. The molecule has 0 aliphatic carbocycles. The van der Waals surface area contributed by atoms with Crippen LogP contribution in [0.15, 0.2) is 34.9 Å². The number of aryl methyl sites for hydroxylation is 1. The molecule has 2 heterocycles. The first-order valence-corrected chi connectivity index (χ1v) is 7.55. The Morgan fingerprint density at radius 3 is 3.00 bits per heavy atom. The molecule has 1 aromatic heterocycles. The van der Waals surface area contributed by atoms with Crippen molar-refractivity contribution in [2.24, 2.45) is 0 Å². The number of rotatable bonds is 4. The summed E-state index contributed by atoms with van der Waals surface area (Å²) in [5, 5.41) is 3.80. The zero-order valence-corrected chi connectivity index (χ0v) is 12.9. The monoisotopic (exact) mass is 300 g/mol. The van der Waals surface area contributed by atoms with E-state index in [9.17, 15) is 4.79 Å². The molecular formula is C17H20N2O3. The SMILES string of the molecule is COc1ccccc1C[C@@H]1CCCN1C(=O)c1cc(C)no1. The maximum Gasteiger partial charge on any atom is 0.292 e. The second-order valence-electron chi connectivity index (χ2n) is 5.64. The second kappa shape index (κ2) is 6.22. The van der Waals surface area contributed by atoms with Crippen LogP contribution in [0.3, 0.4) is 0 Å². The van der Waals surface area contributed by atoms with Crippen LogP contribution < -0.4 is 4.74 Å². The molecule has 1 aliphatic rings. The number of benzene rings is 1. The lowest BCUT2D eigenvalue weighted by Crippen LogP contribution is -2.36. The van der Waals surface area contributed by atoms with Gasteiger partial charge in [-0.3, -0.25) is 4.79 Å². The fraction of sp³-hybridized carbons (Fsp3) is 0.412. The summed E-state index contributed by atoms with van der Waals surface area (Å²) in [7, 11) is 1.67. The first-order valence-electron chi connectivity index (χ1n) is 7.55. The number of hydrogen-bond donors (Lipinski definition) is 0. The normalized spacial score (nSPS) is 17.7. The van der Waals surface area contributed by atoms with Crippen molar-refractivity contribution in [1.82, 2.24) is 10.1 Å². The van der Waals surface area contributed by atoms with E-state index >= 15 is 0 Å². The average Bonchev–Trinajstić information content (AvgIpc) is 3.16. The van der Waals surface area contributed by atoms with Crippen LogP contribution in [0.25, 0.3) is 0 Å². The van der Waals surface area contributed by atoms with Crippen LogP contribution in [0.2, 0.25) is 0 Å². The molecule has 0 radical (unpaired) electrons. The Labute approximate surface area is 129 Å². The maximum atomic E-state index is 12.6. The molecule has 1 aliphatic heterocycles. The predicted molar refractivity (Wildman–Crippen MR) is 82.0 cm³/mol. The molecule has 0 saturated carbocycles. The molecule has 1 atom stereocenters. The van der Waals surface area contributed by atoms with E-state index in [1.165, 1.54) is 0 Å². The molecule has 116 valence electrons. The number of carbonyl (C=O) groups excluding carboxylic acids is 1. The van der Waals surface area contributed by atoms with Crippen molar-refractivity contribution in [2.75, 3.05) is 13.7 Å². The summed E-state index contributed by atoms with van der Waals surface area (Å²) >= 11 is 0. The fourth-order valence-electron chi connectivity index (χ4n) is 3.05. The van der Waals surface area contributed by atoms with E-state index in [4.69, 9.17) is 9.26 Å². The Hall–Kier alpha value is -2.30. The maximum absolute atomic E-state index is 12.6. The first kappa shape index (κ1) is 14.6. The van der Waals surface area contributed by atoms with Crippen LogP contribution in [-0.2, 0) is 6.42 Å². The van der Waals surface area contributed by atoms with Gasteiger partial charge < -0.3 is 14.2 Å². The number of likely N-dealkylation sites (tertiary alicyclic amines) is 1. The van der Waals surface area contributed by atoms with Crippen molar-refractivity contribution >= 4 is 5.91 Å². The largest absolute Gasteiger partial charge is 0.496 e. The van der Waals surface area contributed by atoms with Crippen molar-refractivity contribution in [2.45, 2.75) is 32.2 Å². The fourth-order valence-corrected chi connectivity index (χ4v) is 3.05. The molecule has 5 heteroatoms. The molecule has 0 unspecified atom stereocenters. The third kappa shape index (κ3) is 2.84. The number of hydrogen-bond acceptors (Lipinski definition) is 4. The summed E-state index contributed by atoms with van der Waals surface area (Å²) in [5.74, 6) is 1.12. The standard InChI is InChI=1S/C17H20N2O3/c1-12-10-16(22-18-12)17(20)19-9-5-7-14(19)11-13-6-3-4-8-15(13)21-2/h3-4,6,8,10,14H,5,7,9,11H2,1-2H3/t14-/m0/s1. The van der Waals surface area contributed by atoms with Crippen molar-refractivity contribution in [3.05, 3.63) is 47.3 Å². The number of ether oxygens (including phenoxy) is 1. The van der Waals surface area contributed by atoms with Crippen LogP contribution in [0.5, 0.6) is 5.75 Å². The van der Waals surface area contributed by atoms with E-state index in [-0.39, 0.29) is 11.9 Å². The van der Waals surface area contributed by atoms with Gasteiger partial charge in [0.05, 0.1) is 12.8 Å². The number of para-hydroxylation sites is 1. The molecule has 1 amide bonds. The highest BCUT2D eigenvalue weighted by Crippen LogP contribution is 2.27. The van der Waals surface area contributed by atoms with Gasteiger partial charge in [-0.15, -0.1) is 0 Å². The van der Waals surface area contributed by atoms with E-state index in [0.29, 0.717) is 5.76 Å². The minimum Gasteiger partial charge on any atom is -0.496 e. The molecule has 0 bridgehead atoms. The third-order valence-electron chi connectivity index (χ3n) is 4.12. The van der Waals surface area contributed by atoms with E-state index in [0.717, 1.165) is 42.8 Å². The minimum absolute atomic E-state index is 0.0713. The predicted octanol–water partition coefficient (Wildman–Crippen LogP) is 2.84. The Morgan fingerprint density at radius 1 is 1.45 bits per heavy atom. The van der Waals surface area contributed by atoms with Gasteiger partial charge in [-0.2, -0.15) is 0 Å². The van der Waals surface area contributed by atoms with Gasteiger partial charge in [0.15, 0.2) is 0 Å². The molecule has 5 nitrogen and oxygen atoms in total. The molecule has 0 N–H and O–H groups in total. The zero-order valence-electron chi connectivity index (χ0n) is 12.9. The highest BCUT2D eigenvalue weighted by molar-refractivity contribution is 5.91. The first-order chi connectivity index (χ1) is 10.7. The molecule has 3 rings (SSSR count). The number of methoxy groups -OCH3 is 1. The third-order valence-corrected chi connectivity index (χ3v) is 4.12. The molecule has 0 spiro atoms. The summed E-state index contributed by atoms with van der Waals surface area (Å²) in [5.41, 5.74) is 1.85. The topological polar surface area (TPSA) is 55.6 Å². The van der Waals surface area contributed by atoms with E-state index < -0.39 is 0 Å². The summed E-state index contributed by atoms with van der Waals surface area (Å²) in [4.78, 5) is 14.5. The Morgan fingerprint density at radius 2 is 2.27 bits per heavy atom. The van der Waals surface area contributed by atoms with Gasteiger partial charge in [-0.25, -0.2) is 0 Å². The molecule has 1 fully saturated rings. The Kier molecular flexibility index (Phi) is 4.13. The minimum atomic E-state index is -0.0713. The van der Waals surface area contributed by atoms with Crippen molar-refractivity contribution in [3.8, 4) is 5.75 Å². The molecule has 22 heavy (non-hydrogen) atoms. The molecular weight excluding hydrogens is 280 g/mol. The zero-order chi connectivity index (χ0) is 15.5. The van der Waals surface area contributed by atoms with Crippen molar-refractivity contribution in [3.63, 3.8) is 0 Å². The van der Waals surface area contributed by atoms with E-state index in [1.54, 1.807) is 13.2 Å². The molecule has 1 aromatic carbocycles. The van der Waals surface area contributed by atoms with Gasteiger partial charge in [0, 0.05) is 18.7 Å². The Bertz CT molecular complexity index is 665. The number of aromatic nitrogens is 1. The summed E-state index contributed by atoms with van der Waals surface area (Å²) in [6.45, 7) is 2.58. The van der Waals surface area contributed by atoms with Gasteiger partial charge >= 0.3 is 0 Å². The number of nitrogens with zero attached hydrogens (tertiary/aromatic N) is 2. The van der Waals surface area contributed by atoms with Gasteiger partial charge in [0.25, 0.3) is 5.91 Å². The lowest BCUT2D eigenvalue weighted by Gasteiger charge is -2.24. The van der Waals surface area contributed by atoms with Crippen molar-refractivity contribution < 1.29 is 14.1 Å². The van der Waals surface area contributed by atoms with Gasteiger partial charge in [0.2, 0.25) is 5.76 Å². The van der Waals surface area contributed by atoms with Gasteiger partial charge in [0.1, 0.15) is 5.75 Å². The lowest BCUT2D eigenvalue weighted by molar-refractivity contribution is 0.0693. The van der Waals surface area contributed by atoms with Crippen LogP contribution in [0, 0.1) is 6.92 Å². The average molecular weight is 300 g/mol. The number of amides is 1. The highest BCUT2D eigenvalue weighted by atomic mass is 16.5. The smallest absolute Gasteiger partial charge is 0.292 e. The van der Waals surface area contributed by atoms with Crippen LogP contribution in [0.4, 0.5) is 0 Å². The lowest BCUT2D eigenvalue weighted by atomic mass is 10.0. The summed E-state index contributed by atoms with van der Waals surface area (Å²) < 4.78 is 10.5. The van der Waals surface area contributed by atoms with Crippen LogP contribution in [-0.4, -0.2) is 35.7 Å². The quantitative estimate of drug-likeness (QED) is 0.871. The van der Waals surface area contributed by atoms with Crippen molar-refractivity contribution in [1.29, 1.82) is 0 Å². The number of carbonyl (C=O) groups is 1. The summed E-state index contributed by atoms with van der Waals surface area (Å²) in [6.07, 6.45) is 2.80. The van der Waals surface area contributed by atoms with Crippen LogP contribution in [0.1, 0.15) is 34.7 Å². The molecule has 1 saturated heterocycles. The van der Waals surface area contributed by atoms with Gasteiger partial charge in [-0.05, 0) is 37.8 Å². The van der Waals surface area contributed by atoms with E-state index in [1.807, 2.05) is 30.0 Å². The Balaban J connectivity index is 1.77.